The summed E-state index contributed by atoms with van der Waals surface area (Å²) in [6.07, 6.45) is 0. The van der Waals surface area contributed by atoms with Gasteiger partial charge in [-0.15, -0.1) is 0 Å². The summed E-state index contributed by atoms with van der Waals surface area (Å²) in [4.78, 5) is 0. The third kappa shape index (κ3) is 0.914. The van der Waals surface area contributed by atoms with Crippen LogP contribution in [-0.4, -0.2) is 4.37 Å². The summed E-state index contributed by atoms with van der Waals surface area (Å²) in [6, 6.07) is 5.60. The topological polar surface area (TPSA) is 64.9 Å². The van der Waals surface area contributed by atoms with Crippen molar-refractivity contribution in [1.29, 1.82) is 0 Å². The van der Waals surface area contributed by atoms with Crippen LogP contribution in [0.25, 0.3) is 10.1 Å². The Morgan fingerprint density at radius 1 is 1.27 bits per heavy atom. The number of hydrogen-bond donors (Lipinski definition) is 2. The fraction of sp³-hybridized carbons (Fsp3) is 0. The molecular formula is C7H7N3S. The zero-order valence-electron chi connectivity index (χ0n) is 5.74. The van der Waals surface area contributed by atoms with Crippen LogP contribution in [0.4, 0.5) is 11.5 Å². The summed E-state index contributed by atoms with van der Waals surface area (Å²) in [5.41, 5.74) is 11.9. The molecule has 0 saturated carbocycles. The normalized spacial score (nSPS) is 10.5. The Hall–Kier alpha value is -1.29. The number of nitrogen functional groups attached to an aromatic ring is 2. The van der Waals surface area contributed by atoms with Gasteiger partial charge in [0.2, 0.25) is 0 Å². The molecular weight excluding hydrogens is 158 g/mol. The SMILES string of the molecule is Nc1ccc2c(N)nsc2c1. The smallest absolute Gasteiger partial charge is 0.144 e. The van der Waals surface area contributed by atoms with Crippen LogP contribution < -0.4 is 11.5 Å². The first-order valence-electron chi connectivity index (χ1n) is 3.18. The van der Waals surface area contributed by atoms with Crippen LogP contribution in [0.1, 0.15) is 0 Å². The molecule has 0 atom stereocenters. The standard InChI is InChI=1S/C7H7N3S/c8-4-1-2-5-6(3-4)11-10-7(5)9/h1-3H,8H2,(H2,9,10). The zero-order valence-corrected chi connectivity index (χ0v) is 6.56. The van der Waals surface area contributed by atoms with Crippen molar-refractivity contribution in [3.8, 4) is 0 Å². The van der Waals surface area contributed by atoms with E-state index in [-0.39, 0.29) is 0 Å². The van der Waals surface area contributed by atoms with Gasteiger partial charge in [0.25, 0.3) is 0 Å². The number of anilines is 2. The predicted octanol–water partition coefficient (Wildman–Crippen LogP) is 1.46. The first kappa shape index (κ1) is 6.42. The minimum Gasteiger partial charge on any atom is -0.399 e. The zero-order chi connectivity index (χ0) is 7.84. The summed E-state index contributed by atoms with van der Waals surface area (Å²) in [6.45, 7) is 0. The molecule has 0 unspecified atom stereocenters. The molecule has 0 spiro atoms. The first-order valence-corrected chi connectivity index (χ1v) is 3.95. The minimum absolute atomic E-state index is 0.588. The Morgan fingerprint density at radius 3 is 2.91 bits per heavy atom. The van der Waals surface area contributed by atoms with Gasteiger partial charge in [0.1, 0.15) is 5.82 Å². The monoisotopic (exact) mass is 165 g/mol. The van der Waals surface area contributed by atoms with Gasteiger partial charge in [-0.25, -0.2) is 0 Å². The van der Waals surface area contributed by atoms with E-state index in [2.05, 4.69) is 4.37 Å². The van der Waals surface area contributed by atoms with Crippen LogP contribution in [0.15, 0.2) is 18.2 Å². The second-order valence-corrected chi connectivity index (χ2v) is 3.13. The van der Waals surface area contributed by atoms with Crippen molar-refractivity contribution in [2.45, 2.75) is 0 Å². The highest BCUT2D eigenvalue weighted by Gasteiger charge is 2.00. The predicted molar refractivity (Wildman–Crippen MR) is 48.4 cm³/mol. The van der Waals surface area contributed by atoms with E-state index in [0.717, 1.165) is 15.8 Å². The molecule has 11 heavy (non-hydrogen) atoms. The maximum absolute atomic E-state index is 5.58. The number of nitrogens with zero attached hydrogens (tertiary/aromatic N) is 1. The van der Waals surface area contributed by atoms with Gasteiger partial charge in [-0.3, -0.25) is 0 Å². The van der Waals surface area contributed by atoms with Crippen molar-refractivity contribution in [3.05, 3.63) is 18.2 Å². The maximum Gasteiger partial charge on any atom is 0.144 e. The van der Waals surface area contributed by atoms with Crippen LogP contribution in [0.2, 0.25) is 0 Å². The van der Waals surface area contributed by atoms with Crippen LogP contribution in [-0.2, 0) is 0 Å². The third-order valence-electron chi connectivity index (χ3n) is 1.52. The van der Waals surface area contributed by atoms with Crippen LogP contribution in [0.5, 0.6) is 0 Å². The van der Waals surface area contributed by atoms with Crippen molar-refractivity contribution >= 4 is 33.1 Å². The molecule has 1 aromatic carbocycles. The fourth-order valence-corrected chi connectivity index (χ4v) is 1.73. The number of fused-ring (bicyclic) bond motifs is 1. The van der Waals surface area contributed by atoms with Gasteiger partial charge in [-0.2, -0.15) is 4.37 Å². The van der Waals surface area contributed by atoms with Gasteiger partial charge in [0.15, 0.2) is 0 Å². The lowest BCUT2D eigenvalue weighted by molar-refractivity contribution is 1.59. The number of aromatic nitrogens is 1. The van der Waals surface area contributed by atoms with Gasteiger partial charge >= 0.3 is 0 Å². The van der Waals surface area contributed by atoms with Crippen molar-refractivity contribution in [1.82, 2.24) is 4.37 Å². The van der Waals surface area contributed by atoms with E-state index in [0.29, 0.717) is 5.82 Å². The minimum atomic E-state index is 0.588. The summed E-state index contributed by atoms with van der Waals surface area (Å²) in [7, 11) is 0. The lowest BCUT2D eigenvalue weighted by Crippen LogP contribution is -1.84. The highest BCUT2D eigenvalue weighted by molar-refractivity contribution is 7.13. The molecule has 0 bridgehead atoms. The summed E-state index contributed by atoms with van der Waals surface area (Å²) >= 11 is 1.37. The molecule has 2 rings (SSSR count). The van der Waals surface area contributed by atoms with Crippen molar-refractivity contribution < 1.29 is 0 Å². The molecule has 0 radical (unpaired) electrons. The average molecular weight is 165 g/mol. The molecule has 0 amide bonds. The van der Waals surface area contributed by atoms with Crippen LogP contribution in [0, 0.1) is 0 Å². The van der Waals surface area contributed by atoms with E-state index in [1.165, 1.54) is 11.5 Å². The van der Waals surface area contributed by atoms with Crippen molar-refractivity contribution in [2.24, 2.45) is 0 Å². The third-order valence-corrected chi connectivity index (χ3v) is 2.35. The summed E-state index contributed by atoms with van der Waals surface area (Å²) in [5, 5.41) is 0.990. The second kappa shape index (κ2) is 2.10. The van der Waals surface area contributed by atoms with Gasteiger partial charge in [-0.05, 0) is 29.7 Å². The van der Waals surface area contributed by atoms with E-state index in [9.17, 15) is 0 Å². The molecule has 2 aromatic rings. The first-order chi connectivity index (χ1) is 5.27. The molecule has 0 aliphatic heterocycles. The Balaban J connectivity index is 2.86. The van der Waals surface area contributed by atoms with Crippen LogP contribution in [0.3, 0.4) is 0 Å². The van der Waals surface area contributed by atoms with Gasteiger partial charge in [-0.1, -0.05) is 0 Å². The molecule has 0 fully saturated rings. The van der Waals surface area contributed by atoms with E-state index >= 15 is 0 Å². The Labute approximate surface area is 67.8 Å². The molecule has 56 valence electrons. The molecule has 0 aliphatic carbocycles. The molecule has 1 aromatic heterocycles. The fourth-order valence-electron chi connectivity index (χ4n) is 0.974. The number of nitrogens with two attached hydrogens (primary N) is 2. The quantitative estimate of drug-likeness (QED) is 0.581. The molecule has 4 N–H and O–H groups in total. The second-order valence-electron chi connectivity index (χ2n) is 2.32. The van der Waals surface area contributed by atoms with E-state index in [4.69, 9.17) is 11.5 Å². The van der Waals surface area contributed by atoms with Gasteiger partial charge < -0.3 is 11.5 Å². The average Bonchev–Trinajstić information content (AvgIpc) is 2.32. The highest BCUT2D eigenvalue weighted by atomic mass is 32.1. The van der Waals surface area contributed by atoms with E-state index in [1.54, 1.807) is 0 Å². The van der Waals surface area contributed by atoms with E-state index < -0.39 is 0 Å². The highest BCUT2D eigenvalue weighted by Crippen LogP contribution is 2.25. The van der Waals surface area contributed by atoms with Gasteiger partial charge in [0, 0.05) is 11.1 Å². The van der Waals surface area contributed by atoms with Crippen LogP contribution >= 0.6 is 11.5 Å². The maximum atomic E-state index is 5.58. The lowest BCUT2D eigenvalue weighted by atomic mass is 10.2. The number of hydrogen-bond acceptors (Lipinski definition) is 4. The Morgan fingerprint density at radius 2 is 2.09 bits per heavy atom. The van der Waals surface area contributed by atoms with Crippen molar-refractivity contribution in [3.63, 3.8) is 0 Å². The molecule has 0 aliphatic rings. The Kier molecular flexibility index (Phi) is 1.22. The summed E-state index contributed by atoms with van der Waals surface area (Å²) < 4.78 is 5.04. The van der Waals surface area contributed by atoms with Crippen molar-refractivity contribution in [2.75, 3.05) is 11.5 Å². The number of benzene rings is 1. The lowest BCUT2D eigenvalue weighted by Gasteiger charge is -1.91. The number of rotatable bonds is 0. The largest absolute Gasteiger partial charge is 0.399 e. The molecule has 1 heterocycles. The van der Waals surface area contributed by atoms with Gasteiger partial charge in [0.05, 0.1) is 4.70 Å². The molecule has 4 heteroatoms. The molecule has 3 nitrogen and oxygen atoms in total. The Bertz CT molecular complexity index is 393. The summed E-state index contributed by atoms with van der Waals surface area (Å²) in [5.74, 6) is 0.588. The molecule has 0 saturated heterocycles. The van der Waals surface area contributed by atoms with E-state index in [1.807, 2.05) is 18.2 Å².